The SMILES string of the molecule is Cc1nc2cc(F)ccc2cc1C(=O)OCC(=O)c1c[nH]c(C(=O)N2CCCC2)c1. The maximum Gasteiger partial charge on any atom is 0.340 e. The molecule has 0 unspecified atom stereocenters. The molecule has 7 nitrogen and oxygen atoms in total. The van der Waals surface area contributed by atoms with Crippen LogP contribution in [0, 0.1) is 12.7 Å². The number of hydrogen-bond donors (Lipinski definition) is 1. The van der Waals surface area contributed by atoms with Gasteiger partial charge in [0.25, 0.3) is 5.91 Å². The number of amides is 1. The number of pyridine rings is 1. The first-order valence-corrected chi connectivity index (χ1v) is 9.67. The summed E-state index contributed by atoms with van der Waals surface area (Å²) in [6, 6.07) is 7.14. The van der Waals surface area contributed by atoms with E-state index in [0.717, 1.165) is 12.8 Å². The Hall–Kier alpha value is -3.55. The van der Waals surface area contributed by atoms with E-state index in [9.17, 15) is 18.8 Å². The number of rotatable bonds is 5. The lowest BCUT2D eigenvalue weighted by molar-refractivity contribution is 0.0473. The summed E-state index contributed by atoms with van der Waals surface area (Å²) in [4.78, 5) is 46.0. The fourth-order valence-electron chi connectivity index (χ4n) is 3.50. The molecule has 1 amide bonds. The maximum absolute atomic E-state index is 13.3. The summed E-state index contributed by atoms with van der Waals surface area (Å²) in [5, 5.41) is 0.593. The minimum absolute atomic E-state index is 0.141. The molecule has 1 aromatic carbocycles. The maximum atomic E-state index is 13.3. The molecule has 1 aliphatic rings. The van der Waals surface area contributed by atoms with E-state index >= 15 is 0 Å². The Kier molecular flexibility index (Phi) is 5.31. The summed E-state index contributed by atoms with van der Waals surface area (Å²) in [6.07, 6.45) is 3.40. The molecule has 1 saturated heterocycles. The lowest BCUT2D eigenvalue weighted by atomic mass is 10.1. The molecule has 3 aromatic rings. The van der Waals surface area contributed by atoms with Crippen molar-refractivity contribution in [2.45, 2.75) is 19.8 Å². The van der Waals surface area contributed by atoms with Gasteiger partial charge in [0, 0.05) is 36.3 Å². The van der Waals surface area contributed by atoms with Gasteiger partial charge in [-0.05, 0) is 44.0 Å². The van der Waals surface area contributed by atoms with Crippen molar-refractivity contribution in [2.24, 2.45) is 0 Å². The molecule has 2 aromatic heterocycles. The third kappa shape index (κ3) is 3.94. The van der Waals surface area contributed by atoms with Crippen LogP contribution in [0.5, 0.6) is 0 Å². The second kappa shape index (κ2) is 8.06. The highest BCUT2D eigenvalue weighted by Gasteiger charge is 2.22. The van der Waals surface area contributed by atoms with Crippen molar-refractivity contribution in [3.05, 3.63) is 64.9 Å². The summed E-state index contributed by atoms with van der Waals surface area (Å²) in [5.74, 6) is -1.67. The van der Waals surface area contributed by atoms with Gasteiger partial charge in [0.2, 0.25) is 5.78 Å². The lowest BCUT2D eigenvalue weighted by Crippen LogP contribution is -2.27. The van der Waals surface area contributed by atoms with Crippen LogP contribution >= 0.6 is 0 Å². The first-order chi connectivity index (χ1) is 14.4. The fourth-order valence-corrected chi connectivity index (χ4v) is 3.50. The number of esters is 1. The average molecular weight is 409 g/mol. The summed E-state index contributed by atoms with van der Waals surface area (Å²) < 4.78 is 18.5. The zero-order chi connectivity index (χ0) is 21.3. The van der Waals surface area contributed by atoms with Gasteiger partial charge in [-0.15, -0.1) is 0 Å². The van der Waals surface area contributed by atoms with Gasteiger partial charge in [-0.3, -0.25) is 14.6 Å². The number of benzene rings is 1. The van der Waals surface area contributed by atoms with E-state index in [1.807, 2.05) is 0 Å². The van der Waals surface area contributed by atoms with Crippen molar-refractivity contribution in [2.75, 3.05) is 19.7 Å². The zero-order valence-corrected chi connectivity index (χ0v) is 16.4. The predicted molar refractivity (Wildman–Crippen MR) is 107 cm³/mol. The standard InChI is InChI=1S/C22H20FN3O4/c1-13-17(8-14-4-5-16(23)10-18(14)25-13)22(29)30-12-20(27)15-9-19(24-11-15)21(28)26-6-2-3-7-26/h4-5,8-11,24H,2-3,6-7,12H2,1H3. The molecule has 0 atom stereocenters. The number of aryl methyl sites for hydroxylation is 1. The van der Waals surface area contributed by atoms with Crippen LogP contribution in [0.3, 0.4) is 0 Å². The van der Waals surface area contributed by atoms with Crippen LogP contribution in [0.2, 0.25) is 0 Å². The highest BCUT2D eigenvalue weighted by Crippen LogP contribution is 2.19. The number of nitrogens with one attached hydrogen (secondary N) is 1. The molecular weight excluding hydrogens is 389 g/mol. The molecule has 30 heavy (non-hydrogen) atoms. The number of likely N-dealkylation sites (tertiary alicyclic amines) is 1. The second-order valence-corrected chi connectivity index (χ2v) is 7.26. The van der Waals surface area contributed by atoms with Gasteiger partial charge < -0.3 is 14.6 Å². The van der Waals surface area contributed by atoms with Gasteiger partial charge in [-0.25, -0.2) is 9.18 Å². The normalized spacial score (nSPS) is 13.6. The highest BCUT2D eigenvalue weighted by molar-refractivity contribution is 6.02. The van der Waals surface area contributed by atoms with Crippen LogP contribution < -0.4 is 0 Å². The summed E-state index contributed by atoms with van der Waals surface area (Å²) in [5.41, 5.74) is 1.64. The van der Waals surface area contributed by atoms with Gasteiger partial charge in [-0.2, -0.15) is 0 Å². The molecular formula is C22H20FN3O4. The molecule has 3 heterocycles. The van der Waals surface area contributed by atoms with Crippen molar-refractivity contribution >= 4 is 28.6 Å². The van der Waals surface area contributed by atoms with Gasteiger partial charge in [0.15, 0.2) is 6.61 Å². The first-order valence-electron chi connectivity index (χ1n) is 9.67. The molecule has 4 rings (SSSR count). The monoisotopic (exact) mass is 409 g/mol. The van der Waals surface area contributed by atoms with Gasteiger partial charge >= 0.3 is 5.97 Å². The van der Waals surface area contributed by atoms with E-state index in [4.69, 9.17) is 4.74 Å². The van der Waals surface area contributed by atoms with Crippen molar-refractivity contribution in [3.8, 4) is 0 Å². The molecule has 0 bridgehead atoms. The third-order valence-electron chi connectivity index (χ3n) is 5.15. The van der Waals surface area contributed by atoms with Crippen molar-refractivity contribution in [1.29, 1.82) is 0 Å². The van der Waals surface area contributed by atoms with Crippen molar-refractivity contribution in [3.63, 3.8) is 0 Å². The quantitative estimate of drug-likeness (QED) is 0.516. The fraction of sp³-hybridized carbons (Fsp3) is 0.273. The Morgan fingerprint density at radius 1 is 1.17 bits per heavy atom. The van der Waals surface area contributed by atoms with Crippen LogP contribution in [-0.4, -0.2) is 52.2 Å². The number of aromatic nitrogens is 2. The number of hydrogen-bond acceptors (Lipinski definition) is 5. The number of carbonyl (C=O) groups excluding carboxylic acids is 3. The van der Waals surface area contributed by atoms with E-state index in [-0.39, 0.29) is 17.0 Å². The molecule has 0 saturated carbocycles. The number of nitrogens with zero attached hydrogens (tertiary/aromatic N) is 2. The van der Waals surface area contributed by atoms with E-state index in [0.29, 0.717) is 35.4 Å². The smallest absolute Gasteiger partial charge is 0.340 e. The third-order valence-corrected chi connectivity index (χ3v) is 5.15. The Morgan fingerprint density at radius 2 is 1.93 bits per heavy atom. The zero-order valence-electron chi connectivity index (χ0n) is 16.4. The highest BCUT2D eigenvalue weighted by atomic mass is 19.1. The Morgan fingerprint density at radius 3 is 2.70 bits per heavy atom. The number of aromatic amines is 1. The molecule has 0 aliphatic carbocycles. The summed E-state index contributed by atoms with van der Waals surface area (Å²) in [7, 11) is 0. The topological polar surface area (TPSA) is 92.4 Å². The number of ketones is 1. The molecule has 1 N–H and O–H groups in total. The van der Waals surface area contributed by atoms with E-state index in [1.165, 1.54) is 30.5 Å². The number of Topliss-reactive ketones (excluding diaryl/α,β-unsaturated/α-hetero) is 1. The number of ether oxygens (including phenoxy) is 1. The van der Waals surface area contributed by atoms with Crippen LogP contribution in [0.25, 0.3) is 10.9 Å². The first kappa shape index (κ1) is 19.8. The lowest BCUT2D eigenvalue weighted by Gasteiger charge is -2.13. The molecule has 154 valence electrons. The number of H-pyrrole nitrogens is 1. The van der Waals surface area contributed by atoms with E-state index < -0.39 is 24.2 Å². The van der Waals surface area contributed by atoms with Crippen LogP contribution in [-0.2, 0) is 4.74 Å². The van der Waals surface area contributed by atoms with Crippen molar-refractivity contribution < 1.29 is 23.5 Å². The minimum Gasteiger partial charge on any atom is -0.454 e. The predicted octanol–water partition coefficient (Wildman–Crippen LogP) is 3.29. The molecule has 1 fully saturated rings. The summed E-state index contributed by atoms with van der Waals surface area (Å²) in [6.45, 7) is 2.58. The van der Waals surface area contributed by atoms with Crippen LogP contribution in [0.15, 0.2) is 36.5 Å². The van der Waals surface area contributed by atoms with Crippen molar-refractivity contribution in [1.82, 2.24) is 14.9 Å². The summed E-state index contributed by atoms with van der Waals surface area (Å²) >= 11 is 0. The minimum atomic E-state index is -0.691. The van der Waals surface area contributed by atoms with Gasteiger partial charge in [0.1, 0.15) is 11.5 Å². The van der Waals surface area contributed by atoms with Gasteiger partial charge in [0.05, 0.1) is 16.8 Å². The Balaban J connectivity index is 1.42. The largest absolute Gasteiger partial charge is 0.454 e. The Labute approximate surface area is 171 Å². The number of fused-ring (bicyclic) bond motifs is 1. The van der Waals surface area contributed by atoms with E-state index in [1.54, 1.807) is 17.9 Å². The molecule has 0 radical (unpaired) electrons. The van der Waals surface area contributed by atoms with E-state index in [2.05, 4.69) is 9.97 Å². The molecule has 8 heteroatoms. The Bertz CT molecular complexity index is 1150. The molecule has 0 spiro atoms. The average Bonchev–Trinajstić information content (AvgIpc) is 3.43. The number of carbonyl (C=O) groups is 3. The van der Waals surface area contributed by atoms with Gasteiger partial charge in [-0.1, -0.05) is 0 Å². The second-order valence-electron chi connectivity index (χ2n) is 7.26. The van der Waals surface area contributed by atoms with Crippen LogP contribution in [0.1, 0.15) is 49.7 Å². The molecule has 1 aliphatic heterocycles. The van der Waals surface area contributed by atoms with Crippen LogP contribution in [0.4, 0.5) is 4.39 Å². The number of halogens is 1.